The van der Waals surface area contributed by atoms with Crippen molar-refractivity contribution in [3.8, 4) is 0 Å². The number of carbonyl (C=O) groups is 2. The lowest BCUT2D eigenvalue weighted by molar-refractivity contribution is -0.139. The van der Waals surface area contributed by atoms with Crippen LogP contribution in [0.15, 0.2) is 40.8 Å². The minimum Gasteiger partial charge on any atom is -0.464 e. The van der Waals surface area contributed by atoms with E-state index in [0.717, 1.165) is 0 Å². The second-order valence-electron chi connectivity index (χ2n) is 4.98. The molecule has 2 aromatic rings. The molecule has 0 saturated heterocycles. The summed E-state index contributed by atoms with van der Waals surface area (Å²) in [6.07, 6.45) is -1.03. The first-order chi connectivity index (χ1) is 11.0. The Bertz CT molecular complexity index is 682. The Morgan fingerprint density at radius 2 is 1.78 bits per heavy atom. The third kappa shape index (κ3) is 4.93. The van der Waals surface area contributed by atoms with Gasteiger partial charge >= 0.3 is 11.8 Å². The highest BCUT2D eigenvalue weighted by molar-refractivity contribution is 6.35. The summed E-state index contributed by atoms with van der Waals surface area (Å²) >= 11 is 0. The zero-order valence-electron chi connectivity index (χ0n) is 12.5. The number of nitrogens with one attached hydrogen (secondary N) is 2. The van der Waals surface area contributed by atoms with Crippen molar-refractivity contribution in [2.75, 3.05) is 6.54 Å². The molecule has 1 heterocycles. The van der Waals surface area contributed by atoms with Crippen LogP contribution >= 0.6 is 0 Å². The van der Waals surface area contributed by atoms with Gasteiger partial charge in [-0.1, -0.05) is 12.1 Å². The molecule has 2 rings (SSSR count). The Kier molecular flexibility index (Phi) is 5.48. The van der Waals surface area contributed by atoms with Crippen molar-refractivity contribution in [1.82, 2.24) is 10.6 Å². The second kappa shape index (κ2) is 7.55. The van der Waals surface area contributed by atoms with E-state index in [1.54, 1.807) is 19.1 Å². The van der Waals surface area contributed by atoms with E-state index in [1.807, 2.05) is 0 Å². The van der Waals surface area contributed by atoms with Crippen LogP contribution in [0.4, 0.5) is 4.39 Å². The lowest BCUT2D eigenvalue weighted by Gasteiger charge is -2.10. The first-order valence-corrected chi connectivity index (χ1v) is 7.00. The molecule has 0 fully saturated rings. The molecule has 0 bridgehead atoms. The van der Waals surface area contributed by atoms with E-state index in [0.29, 0.717) is 17.1 Å². The van der Waals surface area contributed by atoms with E-state index < -0.39 is 17.9 Å². The fourth-order valence-electron chi connectivity index (χ4n) is 1.87. The summed E-state index contributed by atoms with van der Waals surface area (Å²) in [4.78, 5) is 23.3. The Hall–Kier alpha value is -2.67. The summed E-state index contributed by atoms with van der Waals surface area (Å²) in [6.45, 7) is 1.69. The predicted molar refractivity (Wildman–Crippen MR) is 79.7 cm³/mol. The van der Waals surface area contributed by atoms with Crippen LogP contribution in [0.25, 0.3) is 0 Å². The van der Waals surface area contributed by atoms with E-state index in [4.69, 9.17) is 4.42 Å². The average molecular weight is 320 g/mol. The summed E-state index contributed by atoms with van der Waals surface area (Å²) in [5.41, 5.74) is 0.665. The molecule has 0 saturated carbocycles. The number of rotatable bonds is 5. The number of furan rings is 1. The lowest BCUT2D eigenvalue weighted by Crippen LogP contribution is -2.41. The summed E-state index contributed by atoms with van der Waals surface area (Å²) in [6, 6.07) is 8.84. The second-order valence-corrected chi connectivity index (χ2v) is 4.98. The first-order valence-electron chi connectivity index (χ1n) is 7.00. The number of amides is 2. The maximum atomic E-state index is 12.7. The van der Waals surface area contributed by atoms with Crippen LogP contribution in [-0.4, -0.2) is 23.5 Å². The Morgan fingerprint density at radius 1 is 1.13 bits per heavy atom. The van der Waals surface area contributed by atoms with Gasteiger partial charge in [0.25, 0.3) is 0 Å². The lowest BCUT2D eigenvalue weighted by atomic mass is 10.2. The Labute approximate surface area is 132 Å². The van der Waals surface area contributed by atoms with Crippen molar-refractivity contribution in [1.29, 1.82) is 0 Å². The molecular weight excluding hydrogens is 303 g/mol. The highest BCUT2D eigenvalue weighted by Gasteiger charge is 2.17. The van der Waals surface area contributed by atoms with Gasteiger partial charge in [-0.05, 0) is 36.8 Å². The predicted octanol–water partition coefficient (Wildman–Crippen LogP) is 1.19. The summed E-state index contributed by atoms with van der Waals surface area (Å²) in [5, 5.41) is 14.5. The largest absolute Gasteiger partial charge is 0.464 e. The fourth-order valence-corrected chi connectivity index (χ4v) is 1.87. The fraction of sp³-hybridized carbons (Fsp3) is 0.250. The zero-order valence-corrected chi connectivity index (χ0v) is 12.5. The number of aryl methyl sites for hydroxylation is 1. The molecule has 0 spiro atoms. The number of benzene rings is 1. The van der Waals surface area contributed by atoms with Crippen LogP contribution in [0, 0.1) is 12.7 Å². The SMILES string of the molecule is Cc1ccc([C@@H](O)CNC(=O)C(=O)NCc2ccc(F)cc2)o1. The van der Waals surface area contributed by atoms with Gasteiger partial charge < -0.3 is 20.2 Å². The van der Waals surface area contributed by atoms with Crippen LogP contribution in [0.5, 0.6) is 0 Å². The van der Waals surface area contributed by atoms with Crippen LogP contribution < -0.4 is 10.6 Å². The number of hydrogen-bond donors (Lipinski definition) is 3. The molecular formula is C16H17FN2O4. The van der Waals surface area contributed by atoms with Gasteiger partial charge in [-0.3, -0.25) is 9.59 Å². The van der Waals surface area contributed by atoms with Gasteiger partial charge in [0.15, 0.2) is 0 Å². The van der Waals surface area contributed by atoms with Crippen LogP contribution in [0.2, 0.25) is 0 Å². The van der Waals surface area contributed by atoms with Crippen LogP contribution in [0.3, 0.4) is 0 Å². The average Bonchev–Trinajstić information content (AvgIpc) is 2.98. The summed E-state index contributed by atoms with van der Waals surface area (Å²) < 4.78 is 18.0. The molecule has 0 unspecified atom stereocenters. The van der Waals surface area contributed by atoms with Gasteiger partial charge in [0.2, 0.25) is 0 Å². The molecule has 6 nitrogen and oxygen atoms in total. The van der Waals surface area contributed by atoms with Crippen LogP contribution in [0.1, 0.15) is 23.2 Å². The van der Waals surface area contributed by atoms with Crippen molar-refractivity contribution in [2.24, 2.45) is 0 Å². The minimum atomic E-state index is -1.03. The molecule has 2 amide bonds. The van der Waals surface area contributed by atoms with Gasteiger partial charge in [0, 0.05) is 6.54 Å². The normalized spacial score (nSPS) is 11.8. The van der Waals surface area contributed by atoms with Gasteiger partial charge in [-0.2, -0.15) is 0 Å². The van der Waals surface area contributed by atoms with Crippen molar-refractivity contribution in [3.63, 3.8) is 0 Å². The monoisotopic (exact) mass is 320 g/mol. The Morgan fingerprint density at radius 3 is 2.39 bits per heavy atom. The molecule has 0 aliphatic rings. The molecule has 122 valence electrons. The van der Waals surface area contributed by atoms with Crippen molar-refractivity contribution in [2.45, 2.75) is 19.6 Å². The number of hydrogen-bond acceptors (Lipinski definition) is 4. The third-order valence-electron chi connectivity index (χ3n) is 3.12. The van der Waals surface area contributed by atoms with E-state index >= 15 is 0 Å². The summed E-state index contributed by atoms with van der Waals surface area (Å²) in [7, 11) is 0. The number of aliphatic hydroxyl groups is 1. The Balaban J connectivity index is 1.76. The summed E-state index contributed by atoms with van der Waals surface area (Å²) in [5.74, 6) is -1.12. The highest BCUT2D eigenvalue weighted by atomic mass is 19.1. The smallest absolute Gasteiger partial charge is 0.309 e. The van der Waals surface area contributed by atoms with Gasteiger partial charge in [0.05, 0.1) is 6.54 Å². The van der Waals surface area contributed by atoms with Gasteiger partial charge in [-0.15, -0.1) is 0 Å². The molecule has 1 aromatic carbocycles. The van der Waals surface area contributed by atoms with Crippen molar-refractivity contribution < 1.29 is 23.5 Å². The van der Waals surface area contributed by atoms with Gasteiger partial charge in [-0.25, -0.2) is 4.39 Å². The molecule has 0 aliphatic heterocycles. The highest BCUT2D eigenvalue weighted by Crippen LogP contribution is 2.14. The van der Waals surface area contributed by atoms with E-state index in [2.05, 4.69) is 10.6 Å². The quantitative estimate of drug-likeness (QED) is 0.722. The number of halogens is 1. The molecule has 3 N–H and O–H groups in total. The van der Waals surface area contributed by atoms with Crippen molar-refractivity contribution in [3.05, 3.63) is 59.3 Å². The van der Waals surface area contributed by atoms with Crippen LogP contribution in [-0.2, 0) is 16.1 Å². The molecule has 1 atom stereocenters. The minimum absolute atomic E-state index is 0.104. The first kappa shape index (κ1) is 16.7. The zero-order chi connectivity index (χ0) is 16.8. The van der Waals surface area contributed by atoms with Crippen molar-refractivity contribution >= 4 is 11.8 Å². The maximum absolute atomic E-state index is 12.7. The topological polar surface area (TPSA) is 91.6 Å². The molecule has 7 heteroatoms. The molecule has 23 heavy (non-hydrogen) atoms. The number of carbonyl (C=O) groups excluding carboxylic acids is 2. The maximum Gasteiger partial charge on any atom is 0.309 e. The van der Waals surface area contributed by atoms with Gasteiger partial charge in [0.1, 0.15) is 23.4 Å². The number of aliphatic hydroxyl groups excluding tert-OH is 1. The van der Waals surface area contributed by atoms with E-state index in [-0.39, 0.29) is 18.9 Å². The molecule has 0 radical (unpaired) electrons. The molecule has 1 aromatic heterocycles. The molecule has 0 aliphatic carbocycles. The van der Waals surface area contributed by atoms with E-state index in [1.165, 1.54) is 24.3 Å². The van der Waals surface area contributed by atoms with E-state index in [9.17, 15) is 19.1 Å². The third-order valence-corrected chi connectivity index (χ3v) is 3.12. The standard InChI is InChI=1S/C16H17FN2O4/c1-10-2-7-14(23-10)13(20)9-19-16(22)15(21)18-8-11-3-5-12(17)6-4-11/h2-7,13,20H,8-9H2,1H3,(H,18,21)(H,19,22)/t13-/m0/s1.